The van der Waals surface area contributed by atoms with E-state index in [1.54, 1.807) is 19.0 Å². The Hall–Kier alpha value is -2.93. The molecular weight excluding hydrogens is 610 g/mol. The first-order valence-corrected chi connectivity index (χ1v) is 18.6. The number of amides is 2. The molecule has 0 unspecified atom stereocenters. The van der Waals surface area contributed by atoms with Crippen LogP contribution in [-0.2, 0) is 14.3 Å². The highest BCUT2D eigenvalue weighted by Gasteiger charge is 2.71. The molecule has 4 fully saturated rings. The van der Waals surface area contributed by atoms with E-state index in [4.69, 9.17) is 16.2 Å². The van der Waals surface area contributed by atoms with Crippen LogP contribution in [0.1, 0.15) is 118 Å². The van der Waals surface area contributed by atoms with Gasteiger partial charge in [0.25, 0.3) is 0 Å². The maximum absolute atomic E-state index is 13.2. The zero-order valence-corrected chi connectivity index (χ0v) is 31.8. The fourth-order valence-corrected chi connectivity index (χ4v) is 12.9. The molecule has 0 radical (unpaired) electrons. The highest BCUT2D eigenvalue weighted by atomic mass is 16.5. The van der Waals surface area contributed by atoms with Gasteiger partial charge in [0.2, 0.25) is 11.8 Å². The number of carbonyl (C=O) groups is 3. The van der Waals surface area contributed by atoms with Crippen LogP contribution in [0.4, 0.5) is 0 Å². The molecule has 5 aliphatic rings. The molecule has 49 heavy (non-hydrogen) atoms. The number of primary amides is 2. The SMILES string of the molecule is C=C(C)[C@@H]1CC[C@]2(C(N)=O)CC[C@]3(C)[C@H](CC[C@@H]4[C@@]5(C)CC=C(c6ccc(C(=O)OC)cc6)C(C)(C)[C@@H]5CC[C@]43C)[C@@H]12.CN(C)CC(N)=O.[HH].[HH]. The lowest BCUT2D eigenvalue weighted by atomic mass is 9.32. The molecule has 1 aromatic carbocycles. The topological polar surface area (TPSA) is 116 Å². The fourth-order valence-electron chi connectivity index (χ4n) is 12.9. The third-order valence-corrected chi connectivity index (χ3v) is 15.2. The average Bonchev–Trinajstić information content (AvgIpc) is 3.42. The van der Waals surface area contributed by atoms with Crippen LogP contribution in [0.15, 0.2) is 42.5 Å². The summed E-state index contributed by atoms with van der Waals surface area (Å²) in [6.07, 6.45) is 12.6. The van der Waals surface area contributed by atoms with E-state index in [2.05, 4.69) is 66.3 Å². The number of likely N-dealkylation sites (N-methyl/N-ethyl adjacent to an activating group) is 1. The zero-order valence-electron chi connectivity index (χ0n) is 31.8. The molecule has 4 saturated carbocycles. The van der Waals surface area contributed by atoms with Gasteiger partial charge in [0.15, 0.2) is 0 Å². The van der Waals surface area contributed by atoms with Crippen molar-refractivity contribution in [2.75, 3.05) is 27.7 Å². The van der Waals surface area contributed by atoms with Crippen LogP contribution >= 0.6 is 0 Å². The number of rotatable bonds is 6. The number of ether oxygens (including phenoxy) is 1. The highest BCUT2D eigenvalue weighted by Crippen LogP contribution is 2.77. The van der Waals surface area contributed by atoms with E-state index in [1.165, 1.54) is 49.5 Å². The number of benzene rings is 1. The normalized spacial score (nSPS) is 38.7. The molecule has 9 atom stereocenters. The quantitative estimate of drug-likeness (QED) is 0.233. The largest absolute Gasteiger partial charge is 0.465 e. The van der Waals surface area contributed by atoms with Crippen LogP contribution in [0.2, 0.25) is 0 Å². The Kier molecular flexibility index (Phi) is 9.90. The van der Waals surface area contributed by atoms with Crippen LogP contribution in [0.5, 0.6) is 0 Å². The Morgan fingerprint density at radius 3 is 2.08 bits per heavy atom. The van der Waals surface area contributed by atoms with Gasteiger partial charge in [0, 0.05) is 2.85 Å². The minimum Gasteiger partial charge on any atom is -0.465 e. The second-order valence-corrected chi connectivity index (χ2v) is 18.0. The van der Waals surface area contributed by atoms with Gasteiger partial charge in [-0.05, 0) is 153 Å². The number of nitrogens with zero attached hydrogens (tertiary/aromatic N) is 1. The van der Waals surface area contributed by atoms with Crippen LogP contribution in [0.3, 0.4) is 0 Å². The Morgan fingerprint density at radius 2 is 1.55 bits per heavy atom. The van der Waals surface area contributed by atoms with E-state index in [1.807, 2.05) is 12.1 Å². The van der Waals surface area contributed by atoms with E-state index < -0.39 is 0 Å². The van der Waals surface area contributed by atoms with Crippen molar-refractivity contribution in [3.63, 3.8) is 0 Å². The molecule has 7 heteroatoms. The van der Waals surface area contributed by atoms with Gasteiger partial charge in [-0.3, -0.25) is 9.59 Å². The number of allylic oxidation sites excluding steroid dienone is 3. The molecule has 274 valence electrons. The summed E-state index contributed by atoms with van der Waals surface area (Å²) in [6.45, 7) is 19.7. The van der Waals surface area contributed by atoms with Gasteiger partial charge in [-0.15, -0.1) is 0 Å². The molecule has 0 saturated heterocycles. The molecule has 0 heterocycles. The molecular formula is C42H67N3O4. The maximum atomic E-state index is 13.2. The predicted molar refractivity (Wildman–Crippen MR) is 201 cm³/mol. The van der Waals surface area contributed by atoms with Crippen LogP contribution < -0.4 is 11.5 Å². The van der Waals surface area contributed by atoms with Gasteiger partial charge in [-0.2, -0.15) is 0 Å². The lowest BCUT2D eigenvalue weighted by Crippen LogP contribution is -2.66. The lowest BCUT2D eigenvalue weighted by Gasteiger charge is -2.72. The maximum Gasteiger partial charge on any atom is 0.337 e. The van der Waals surface area contributed by atoms with Crippen LogP contribution in [-0.4, -0.2) is 50.4 Å². The molecule has 2 amide bonds. The third-order valence-electron chi connectivity index (χ3n) is 15.2. The highest BCUT2D eigenvalue weighted by molar-refractivity contribution is 5.90. The Morgan fingerprint density at radius 1 is 0.898 bits per heavy atom. The minimum absolute atomic E-state index is 0. The second kappa shape index (κ2) is 13.0. The standard InChI is InChI=1S/C38H53NO3.C4H10N2O.2H2/c1-23(2)26-15-20-38(33(39)41)22-21-36(6)28(31(26)38)13-14-30-35(5)18-16-27(24-9-11-25(12-10-24)32(40)42-8)34(3,4)29(35)17-19-37(30,36)7;1-6(2)3-4(5)7;;/h9-12,16,26,28-31H,1,13-15,17-22H2,2-8H3,(H2,39,41);3H2,1-2H3,(H2,5,7);2*1H/t26-,28+,29-,30+,31+,35-,36+,37+,38-;;;/m0.../s1. The Bertz CT molecular complexity index is 1520. The van der Waals surface area contributed by atoms with Crippen molar-refractivity contribution in [1.29, 1.82) is 0 Å². The number of fused-ring (bicyclic) bond motifs is 7. The molecule has 4 N–H and O–H groups in total. The summed E-state index contributed by atoms with van der Waals surface area (Å²) in [5.74, 6) is 1.90. The average molecular weight is 678 g/mol. The summed E-state index contributed by atoms with van der Waals surface area (Å²) in [5.41, 5.74) is 15.9. The first kappa shape index (κ1) is 37.3. The van der Waals surface area contributed by atoms with Gasteiger partial charge in [-0.1, -0.05) is 65.0 Å². The van der Waals surface area contributed by atoms with Crippen molar-refractivity contribution in [2.24, 2.45) is 68.1 Å². The van der Waals surface area contributed by atoms with Crippen molar-refractivity contribution in [1.82, 2.24) is 4.90 Å². The molecule has 0 spiro atoms. The van der Waals surface area contributed by atoms with Crippen LogP contribution in [0.25, 0.3) is 5.57 Å². The first-order chi connectivity index (χ1) is 22.8. The first-order valence-electron chi connectivity index (χ1n) is 18.6. The van der Waals surface area contributed by atoms with Gasteiger partial charge in [0.1, 0.15) is 0 Å². The van der Waals surface area contributed by atoms with Gasteiger partial charge < -0.3 is 21.1 Å². The van der Waals surface area contributed by atoms with Crippen molar-refractivity contribution in [3.05, 3.63) is 53.6 Å². The van der Waals surface area contributed by atoms with Gasteiger partial charge in [-0.25, -0.2) is 4.79 Å². The monoisotopic (exact) mass is 678 g/mol. The fraction of sp³-hybridized carbons (Fsp3) is 0.690. The summed E-state index contributed by atoms with van der Waals surface area (Å²) in [5, 5.41) is 0. The summed E-state index contributed by atoms with van der Waals surface area (Å²) < 4.78 is 4.93. The number of esters is 1. The van der Waals surface area contributed by atoms with Gasteiger partial charge >= 0.3 is 5.97 Å². The number of carbonyl (C=O) groups excluding carboxylic acids is 3. The lowest BCUT2D eigenvalue weighted by molar-refractivity contribution is -0.224. The summed E-state index contributed by atoms with van der Waals surface area (Å²) in [4.78, 5) is 36.9. The third kappa shape index (κ3) is 5.80. The summed E-state index contributed by atoms with van der Waals surface area (Å²) >= 11 is 0. The van der Waals surface area contributed by atoms with Gasteiger partial charge in [0.05, 0.1) is 24.6 Å². The van der Waals surface area contributed by atoms with Crippen LogP contribution in [0, 0.1) is 56.7 Å². The minimum atomic E-state index is -0.341. The van der Waals surface area contributed by atoms with Crippen molar-refractivity contribution in [2.45, 2.75) is 99.3 Å². The van der Waals surface area contributed by atoms with Crippen molar-refractivity contribution < 1.29 is 22.0 Å². The van der Waals surface area contributed by atoms with Crippen molar-refractivity contribution in [3.8, 4) is 0 Å². The predicted octanol–water partition coefficient (Wildman–Crippen LogP) is 8.13. The number of hydrogen-bond donors (Lipinski definition) is 2. The number of nitrogens with two attached hydrogens (primary N) is 2. The summed E-state index contributed by atoms with van der Waals surface area (Å²) in [7, 11) is 5.03. The molecule has 0 aliphatic heterocycles. The molecule has 0 aromatic heterocycles. The molecule has 1 aromatic rings. The molecule has 7 nitrogen and oxygen atoms in total. The summed E-state index contributed by atoms with van der Waals surface area (Å²) in [6, 6.07) is 8.02. The number of methoxy groups -OCH3 is 1. The van der Waals surface area contributed by atoms with E-state index >= 15 is 0 Å². The van der Waals surface area contributed by atoms with E-state index in [0.717, 1.165) is 32.1 Å². The second-order valence-electron chi connectivity index (χ2n) is 18.0. The van der Waals surface area contributed by atoms with E-state index in [-0.39, 0.29) is 47.7 Å². The zero-order chi connectivity index (χ0) is 36.3. The molecule has 5 aliphatic carbocycles. The van der Waals surface area contributed by atoms with E-state index in [9.17, 15) is 14.4 Å². The smallest absolute Gasteiger partial charge is 0.337 e. The Labute approximate surface area is 298 Å². The Balaban J connectivity index is 0.000000710. The molecule has 0 bridgehead atoms. The molecule has 6 rings (SSSR count). The van der Waals surface area contributed by atoms with Crippen molar-refractivity contribution >= 4 is 23.4 Å². The number of hydrogen-bond acceptors (Lipinski definition) is 5. The van der Waals surface area contributed by atoms with E-state index in [0.29, 0.717) is 41.7 Å².